The highest BCUT2D eigenvalue weighted by atomic mass is 15.3. The SMILES string of the molecule is CC(CNc1cccnc1-n1cncn1)c1ccccc1. The number of pyridine rings is 1. The van der Waals surface area contributed by atoms with Crippen molar-refractivity contribution in [1.29, 1.82) is 0 Å². The summed E-state index contributed by atoms with van der Waals surface area (Å²) < 4.78 is 1.66. The lowest BCUT2D eigenvalue weighted by Gasteiger charge is -2.15. The molecule has 0 saturated heterocycles. The second-order valence-electron chi connectivity index (χ2n) is 4.91. The maximum Gasteiger partial charge on any atom is 0.178 e. The maximum absolute atomic E-state index is 4.37. The van der Waals surface area contributed by atoms with Gasteiger partial charge < -0.3 is 5.32 Å². The molecule has 0 aliphatic rings. The molecule has 5 heteroatoms. The van der Waals surface area contributed by atoms with Gasteiger partial charge in [-0.25, -0.2) is 14.6 Å². The molecule has 0 aliphatic carbocycles. The van der Waals surface area contributed by atoms with Crippen LogP contribution in [0.1, 0.15) is 18.4 Å². The van der Waals surface area contributed by atoms with Crippen molar-refractivity contribution in [2.24, 2.45) is 0 Å². The van der Waals surface area contributed by atoms with Crippen molar-refractivity contribution in [1.82, 2.24) is 19.7 Å². The van der Waals surface area contributed by atoms with Crippen LogP contribution in [0.5, 0.6) is 0 Å². The fourth-order valence-electron chi connectivity index (χ4n) is 2.20. The van der Waals surface area contributed by atoms with Crippen LogP contribution < -0.4 is 5.32 Å². The van der Waals surface area contributed by atoms with Crippen LogP contribution >= 0.6 is 0 Å². The van der Waals surface area contributed by atoms with E-state index in [2.05, 4.69) is 51.6 Å². The molecule has 0 aliphatic heterocycles. The molecule has 0 bridgehead atoms. The molecule has 2 aromatic heterocycles. The van der Waals surface area contributed by atoms with Crippen LogP contribution in [-0.4, -0.2) is 26.3 Å². The molecule has 0 radical (unpaired) electrons. The zero-order valence-electron chi connectivity index (χ0n) is 11.8. The van der Waals surface area contributed by atoms with Crippen molar-refractivity contribution < 1.29 is 0 Å². The fourth-order valence-corrected chi connectivity index (χ4v) is 2.20. The Morgan fingerprint density at radius 3 is 2.76 bits per heavy atom. The topological polar surface area (TPSA) is 55.6 Å². The summed E-state index contributed by atoms with van der Waals surface area (Å²) in [5.74, 6) is 1.17. The summed E-state index contributed by atoms with van der Waals surface area (Å²) in [7, 11) is 0. The van der Waals surface area contributed by atoms with Crippen LogP contribution in [0.4, 0.5) is 5.69 Å². The monoisotopic (exact) mass is 279 g/mol. The second-order valence-corrected chi connectivity index (χ2v) is 4.91. The third kappa shape index (κ3) is 3.08. The lowest BCUT2D eigenvalue weighted by molar-refractivity contribution is 0.796. The third-order valence-corrected chi connectivity index (χ3v) is 3.39. The van der Waals surface area contributed by atoms with E-state index in [0.29, 0.717) is 5.92 Å². The minimum absolute atomic E-state index is 0.412. The second kappa shape index (κ2) is 6.17. The number of aromatic nitrogens is 4. The van der Waals surface area contributed by atoms with Gasteiger partial charge >= 0.3 is 0 Å². The van der Waals surface area contributed by atoms with E-state index in [4.69, 9.17) is 0 Å². The summed E-state index contributed by atoms with van der Waals surface area (Å²) >= 11 is 0. The Hall–Kier alpha value is -2.69. The molecule has 0 fully saturated rings. The number of anilines is 1. The number of benzene rings is 1. The largest absolute Gasteiger partial charge is 0.381 e. The fraction of sp³-hybridized carbons (Fsp3) is 0.188. The molecule has 1 unspecified atom stereocenters. The first kappa shape index (κ1) is 13.3. The summed E-state index contributed by atoms with van der Waals surface area (Å²) in [5.41, 5.74) is 2.27. The molecular weight excluding hydrogens is 262 g/mol. The van der Waals surface area contributed by atoms with Gasteiger partial charge in [-0.1, -0.05) is 37.3 Å². The Morgan fingerprint density at radius 2 is 2.00 bits per heavy atom. The van der Waals surface area contributed by atoms with Gasteiger partial charge in [-0.15, -0.1) is 0 Å². The van der Waals surface area contributed by atoms with Crippen LogP contribution in [0.2, 0.25) is 0 Å². The summed E-state index contributed by atoms with van der Waals surface area (Å²) in [6.45, 7) is 3.03. The third-order valence-electron chi connectivity index (χ3n) is 3.39. The number of rotatable bonds is 5. The smallest absolute Gasteiger partial charge is 0.178 e. The Bertz CT molecular complexity index is 679. The van der Waals surface area contributed by atoms with E-state index in [1.807, 2.05) is 18.2 Å². The zero-order chi connectivity index (χ0) is 14.5. The molecule has 0 spiro atoms. The summed E-state index contributed by atoms with van der Waals surface area (Å²) in [5, 5.41) is 7.58. The van der Waals surface area contributed by atoms with Gasteiger partial charge in [0.15, 0.2) is 5.82 Å². The minimum Gasteiger partial charge on any atom is -0.381 e. The minimum atomic E-state index is 0.412. The molecule has 3 aromatic rings. The Balaban J connectivity index is 1.74. The van der Waals surface area contributed by atoms with Gasteiger partial charge in [0.05, 0.1) is 5.69 Å². The number of nitrogens with one attached hydrogen (secondary N) is 1. The predicted molar refractivity (Wildman–Crippen MR) is 82.5 cm³/mol. The normalized spacial score (nSPS) is 12.0. The molecule has 5 nitrogen and oxygen atoms in total. The number of nitrogens with zero attached hydrogens (tertiary/aromatic N) is 4. The van der Waals surface area contributed by atoms with Gasteiger partial charge in [-0.2, -0.15) is 5.10 Å². The van der Waals surface area contributed by atoms with Crippen LogP contribution in [0.15, 0.2) is 61.3 Å². The average molecular weight is 279 g/mol. The van der Waals surface area contributed by atoms with Crippen molar-refractivity contribution in [2.45, 2.75) is 12.8 Å². The first-order valence-electron chi connectivity index (χ1n) is 6.93. The van der Waals surface area contributed by atoms with Crippen LogP contribution in [-0.2, 0) is 0 Å². The van der Waals surface area contributed by atoms with Crippen molar-refractivity contribution in [2.75, 3.05) is 11.9 Å². The van der Waals surface area contributed by atoms with Crippen molar-refractivity contribution in [3.8, 4) is 5.82 Å². The highest BCUT2D eigenvalue weighted by Crippen LogP contribution is 2.19. The molecule has 0 amide bonds. The number of hydrogen-bond acceptors (Lipinski definition) is 4. The van der Waals surface area contributed by atoms with Gasteiger partial charge in [0.2, 0.25) is 0 Å². The molecule has 1 N–H and O–H groups in total. The van der Waals surface area contributed by atoms with Gasteiger partial charge in [0.1, 0.15) is 12.7 Å². The lowest BCUT2D eigenvalue weighted by Crippen LogP contribution is -2.12. The van der Waals surface area contributed by atoms with E-state index >= 15 is 0 Å². The first-order chi connectivity index (χ1) is 10.3. The van der Waals surface area contributed by atoms with E-state index < -0.39 is 0 Å². The Labute approximate surface area is 123 Å². The number of hydrogen-bond donors (Lipinski definition) is 1. The van der Waals surface area contributed by atoms with Gasteiger partial charge in [-0.3, -0.25) is 0 Å². The van der Waals surface area contributed by atoms with Gasteiger partial charge in [-0.05, 0) is 23.6 Å². The van der Waals surface area contributed by atoms with E-state index in [9.17, 15) is 0 Å². The summed E-state index contributed by atoms with van der Waals surface area (Å²) in [6, 6.07) is 14.4. The van der Waals surface area contributed by atoms with E-state index in [-0.39, 0.29) is 0 Å². The molecule has 0 saturated carbocycles. The molecule has 3 rings (SSSR count). The Kier molecular flexibility index (Phi) is 3.91. The highest BCUT2D eigenvalue weighted by Gasteiger charge is 2.09. The standard InChI is InChI=1S/C16H17N5/c1-13(14-6-3-2-4-7-14)10-19-15-8-5-9-18-16(15)21-12-17-11-20-21/h2-9,11-13,19H,10H2,1H3. The predicted octanol–water partition coefficient (Wildman–Crippen LogP) is 2.88. The highest BCUT2D eigenvalue weighted by molar-refractivity contribution is 5.56. The maximum atomic E-state index is 4.37. The van der Waals surface area contributed by atoms with E-state index in [1.54, 1.807) is 17.2 Å². The molecular formula is C16H17N5. The quantitative estimate of drug-likeness (QED) is 0.780. The van der Waals surface area contributed by atoms with Crippen molar-refractivity contribution >= 4 is 5.69 Å². The molecule has 1 atom stereocenters. The summed E-state index contributed by atoms with van der Waals surface area (Å²) in [4.78, 5) is 8.34. The average Bonchev–Trinajstić information content (AvgIpc) is 3.08. The molecule has 1 aromatic carbocycles. The molecule has 21 heavy (non-hydrogen) atoms. The lowest BCUT2D eigenvalue weighted by atomic mass is 10.0. The zero-order valence-corrected chi connectivity index (χ0v) is 11.8. The van der Waals surface area contributed by atoms with Crippen LogP contribution in [0.3, 0.4) is 0 Å². The van der Waals surface area contributed by atoms with Gasteiger partial charge in [0, 0.05) is 12.7 Å². The summed E-state index contributed by atoms with van der Waals surface area (Å²) in [6.07, 6.45) is 4.90. The van der Waals surface area contributed by atoms with Crippen LogP contribution in [0.25, 0.3) is 5.82 Å². The van der Waals surface area contributed by atoms with E-state index in [0.717, 1.165) is 18.1 Å². The van der Waals surface area contributed by atoms with Gasteiger partial charge in [0.25, 0.3) is 0 Å². The molecule has 2 heterocycles. The van der Waals surface area contributed by atoms with Crippen LogP contribution in [0, 0.1) is 0 Å². The van der Waals surface area contributed by atoms with E-state index in [1.165, 1.54) is 11.9 Å². The molecule has 106 valence electrons. The van der Waals surface area contributed by atoms with Crippen molar-refractivity contribution in [3.05, 3.63) is 66.9 Å². The van der Waals surface area contributed by atoms with Crippen molar-refractivity contribution in [3.63, 3.8) is 0 Å². The Morgan fingerprint density at radius 1 is 1.14 bits per heavy atom. The first-order valence-corrected chi connectivity index (χ1v) is 6.93.